The molecule has 0 fully saturated rings. The molecular weight excluding hydrogens is 423 g/mol. The summed E-state index contributed by atoms with van der Waals surface area (Å²) in [4.78, 5) is 45.0. The van der Waals surface area contributed by atoms with Gasteiger partial charge in [0.05, 0.1) is 10.9 Å². The minimum atomic E-state index is -4.51. The number of carboxylic acid groups (broad SMARTS) is 1. The number of aliphatic carboxylic acids is 1. The zero-order valence-electron chi connectivity index (χ0n) is 15.5. The first-order valence-corrected chi connectivity index (χ1v) is 8.61. The number of alkyl halides is 3. The van der Waals surface area contributed by atoms with Crippen LogP contribution in [-0.2, 0) is 17.6 Å². The van der Waals surface area contributed by atoms with Gasteiger partial charge in [0.2, 0.25) is 0 Å². The normalized spacial score (nSPS) is 11.3. The van der Waals surface area contributed by atoms with Crippen molar-refractivity contribution < 1.29 is 37.8 Å². The first-order chi connectivity index (χ1) is 14.6. The Morgan fingerprint density at radius 3 is 2.45 bits per heavy atom. The van der Waals surface area contributed by atoms with E-state index in [1.165, 1.54) is 18.3 Å². The van der Waals surface area contributed by atoms with Crippen LogP contribution >= 0.6 is 0 Å². The van der Waals surface area contributed by atoms with Crippen molar-refractivity contribution in [2.75, 3.05) is 6.54 Å². The molecule has 0 spiro atoms. The molecule has 3 rings (SSSR count). The van der Waals surface area contributed by atoms with E-state index in [1.807, 2.05) is 5.32 Å². The molecule has 3 N–H and O–H groups in total. The maximum Gasteiger partial charge on any atom is 0.416 e. The van der Waals surface area contributed by atoms with E-state index in [4.69, 9.17) is 9.94 Å². The Hall–Kier alpha value is -4.09. The second kappa shape index (κ2) is 8.34. The van der Waals surface area contributed by atoms with Gasteiger partial charge in [-0.1, -0.05) is 12.1 Å². The second-order valence-electron chi connectivity index (χ2n) is 6.24. The number of carbonyl (C=O) groups is 2. The van der Waals surface area contributed by atoms with Gasteiger partial charge in [-0.2, -0.15) is 13.2 Å². The van der Waals surface area contributed by atoms with Crippen LogP contribution in [0, 0.1) is 0 Å². The predicted molar refractivity (Wildman–Crippen MR) is 99.4 cm³/mol. The molecule has 0 aliphatic rings. The monoisotopic (exact) mass is 437 g/mol. The summed E-state index contributed by atoms with van der Waals surface area (Å²) in [6.45, 7) is -1.15. The topological polar surface area (TPSA) is 131 Å². The van der Waals surface area contributed by atoms with Crippen LogP contribution in [0.1, 0.15) is 21.5 Å². The fourth-order valence-corrected chi connectivity index (χ4v) is 2.68. The zero-order valence-corrected chi connectivity index (χ0v) is 15.5. The highest BCUT2D eigenvalue weighted by atomic mass is 19.4. The van der Waals surface area contributed by atoms with Gasteiger partial charge in [0, 0.05) is 6.20 Å². The van der Waals surface area contributed by atoms with Crippen molar-refractivity contribution in [1.82, 2.24) is 15.0 Å². The van der Waals surface area contributed by atoms with Crippen LogP contribution in [0.3, 0.4) is 0 Å². The molecule has 0 unspecified atom stereocenters. The van der Waals surface area contributed by atoms with Crippen molar-refractivity contribution in [2.24, 2.45) is 0 Å². The van der Waals surface area contributed by atoms with Crippen LogP contribution in [0.25, 0.3) is 11.0 Å². The molecule has 0 saturated heterocycles. The fraction of sp³-hybridized carbons (Fsp3) is 0.158. The summed E-state index contributed by atoms with van der Waals surface area (Å²) in [5.41, 5.74) is -2.61. The van der Waals surface area contributed by atoms with Crippen LogP contribution in [0.2, 0.25) is 0 Å². The third-order valence-corrected chi connectivity index (χ3v) is 4.14. The molecule has 2 aromatic heterocycles. The average Bonchev–Trinajstić information content (AvgIpc) is 2.72. The molecule has 9 nitrogen and oxygen atoms in total. The van der Waals surface area contributed by atoms with E-state index in [2.05, 4.69) is 4.98 Å². The first-order valence-electron chi connectivity index (χ1n) is 8.61. The summed E-state index contributed by atoms with van der Waals surface area (Å²) in [6.07, 6.45) is -3.21. The van der Waals surface area contributed by atoms with Crippen LogP contribution < -0.4 is 15.7 Å². The smallest absolute Gasteiger partial charge is 0.416 e. The number of aromatic hydroxyl groups is 1. The summed E-state index contributed by atoms with van der Waals surface area (Å²) in [5, 5.41) is 21.0. The lowest BCUT2D eigenvalue weighted by atomic mass is 10.1. The van der Waals surface area contributed by atoms with Crippen molar-refractivity contribution in [2.45, 2.75) is 12.8 Å². The Kier molecular flexibility index (Phi) is 5.81. The number of hydrogen-bond donors (Lipinski definition) is 3. The molecule has 12 heteroatoms. The van der Waals surface area contributed by atoms with Crippen LogP contribution in [0.4, 0.5) is 13.2 Å². The number of halogens is 3. The molecular formula is C19H14F3N3O6. The number of nitrogens with zero attached hydrogens (tertiary/aromatic N) is 2. The molecule has 1 aromatic carbocycles. The SMILES string of the molecule is O=C(O)CNC(=O)c1c(O)c2cccnc2n(OCc2ccc(C(F)(F)F)cc2)c1=O. The number of hydrogen-bond acceptors (Lipinski definition) is 6. The van der Waals surface area contributed by atoms with Crippen LogP contribution in [0.15, 0.2) is 47.4 Å². The lowest BCUT2D eigenvalue weighted by Gasteiger charge is -2.14. The van der Waals surface area contributed by atoms with Crippen molar-refractivity contribution in [3.05, 3.63) is 69.6 Å². The van der Waals surface area contributed by atoms with E-state index in [0.717, 1.165) is 24.3 Å². The number of carboxylic acids is 1. The number of fused-ring (bicyclic) bond motifs is 1. The summed E-state index contributed by atoms with van der Waals surface area (Å²) >= 11 is 0. The average molecular weight is 437 g/mol. The van der Waals surface area contributed by atoms with Gasteiger partial charge in [0.25, 0.3) is 5.91 Å². The molecule has 0 aliphatic heterocycles. The lowest BCUT2D eigenvalue weighted by molar-refractivity contribution is -0.138. The molecule has 162 valence electrons. The number of amides is 1. The third kappa shape index (κ3) is 4.57. The fourth-order valence-electron chi connectivity index (χ4n) is 2.68. The van der Waals surface area contributed by atoms with Crippen LogP contribution in [0.5, 0.6) is 5.75 Å². The molecule has 0 saturated carbocycles. The maximum atomic E-state index is 12.8. The molecule has 3 aromatic rings. The predicted octanol–water partition coefficient (Wildman–Crippen LogP) is 1.56. The van der Waals surface area contributed by atoms with Gasteiger partial charge in [-0.25, -0.2) is 4.98 Å². The standard InChI is InChI=1S/C19H14F3N3O6/c20-19(21,22)11-5-3-10(4-6-11)9-31-25-16-12(2-1-7-23-16)15(28)14(18(25)30)17(29)24-8-13(26)27/h1-7,28H,8-9H2,(H,24,29)(H,26,27). The number of pyridine rings is 2. The maximum absolute atomic E-state index is 12.8. The summed E-state index contributed by atoms with van der Waals surface area (Å²) in [5.74, 6) is -3.23. The van der Waals surface area contributed by atoms with Gasteiger partial charge in [0.15, 0.2) is 11.2 Å². The highest BCUT2D eigenvalue weighted by Gasteiger charge is 2.30. The Bertz CT molecular complexity index is 1210. The molecule has 31 heavy (non-hydrogen) atoms. The van der Waals surface area contributed by atoms with E-state index in [1.54, 1.807) is 0 Å². The Labute approximate surface area is 171 Å². The van der Waals surface area contributed by atoms with Gasteiger partial charge >= 0.3 is 17.7 Å². The van der Waals surface area contributed by atoms with Crippen molar-refractivity contribution in [1.29, 1.82) is 0 Å². The van der Waals surface area contributed by atoms with Gasteiger partial charge in [-0.3, -0.25) is 14.4 Å². The molecule has 2 heterocycles. The van der Waals surface area contributed by atoms with Crippen molar-refractivity contribution >= 4 is 22.9 Å². The Morgan fingerprint density at radius 2 is 1.84 bits per heavy atom. The van der Waals surface area contributed by atoms with E-state index in [9.17, 15) is 32.7 Å². The van der Waals surface area contributed by atoms with E-state index in [-0.39, 0.29) is 23.2 Å². The van der Waals surface area contributed by atoms with E-state index in [0.29, 0.717) is 4.73 Å². The number of aromatic nitrogens is 2. The van der Waals surface area contributed by atoms with E-state index >= 15 is 0 Å². The highest BCUT2D eigenvalue weighted by molar-refractivity contribution is 6.02. The highest BCUT2D eigenvalue weighted by Crippen LogP contribution is 2.29. The summed E-state index contributed by atoms with van der Waals surface area (Å²) in [7, 11) is 0. The molecule has 0 radical (unpaired) electrons. The second-order valence-corrected chi connectivity index (χ2v) is 6.24. The molecule has 0 aliphatic carbocycles. The summed E-state index contributed by atoms with van der Waals surface area (Å²) < 4.78 is 38.7. The van der Waals surface area contributed by atoms with Crippen molar-refractivity contribution in [3.63, 3.8) is 0 Å². The number of benzene rings is 1. The molecule has 1 amide bonds. The molecule has 0 atom stereocenters. The number of rotatable bonds is 6. The lowest BCUT2D eigenvalue weighted by Crippen LogP contribution is -2.37. The van der Waals surface area contributed by atoms with Crippen molar-refractivity contribution in [3.8, 4) is 5.75 Å². The van der Waals surface area contributed by atoms with Gasteiger partial charge in [-0.15, -0.1) is 4.73 Å². The van der Waals surface area contributed by atoms with Crippen LogP contribution in [-0.4, -0.2) is 38.3 Å². The Balaban J connectivity index is 1.98. The minimum Gasteiger partial charge on any atom is -0.506 e. The zero-order chi connectivity index (χ0) is 22.8. The first kappa shape index (κ1) is 21.6. The number of nitrogens with one attached hydrogen (secondary N) is 1. The molecule has 0 bridgehead atoms. The van der Waals surface area contributed by atoms with E-state index < -0.39 is 47.0 Å². The quantitative estimate of drug-likeness (QED) is 0.534. The van der Waals surface area contributed by atoms with Gasteiger partial charge in [0.1, 0.15) is 18.9 Å². The Morgan fingerprint density at radius 1 is 1.16 bits per heavy atom. The van der Waals surface area contributed by atoms with Gasteiger partial charge in [-0.05, 0) is 29.8 Å². The van der Waals surface area contributed by atoms with Gasteiger partial charge < -0.3 is 20.4 Å². The summed E-state index contributed by atoms with van der Waals surface area (Å²) in [6, 6.07) is 6.78. The number of carbonyl (C=O) groups excluding carboxylic acids is 1. The third-order valence-electron chi connectivity index (χ3n) is 4.14. The largest absolute Gasteiger partial charge is 0.506 e. The minimum absolute atomic E-state index is 0.0324.